The number of ether oxygens (including phenoxy) is 2. The summed E-state index contributed by atoms with van der Waals surface area (Å²) in [6.45, 7) is 4.48. The molecular weight excluding hydrogens is 406 g/mol. The zero-order valence-electron chi connectivity index (χ0n) is 18.4. The minimum atomic E-state index is -0.113. The Balaban J connectivity index is 1.99. The Bertz CT molecular complexity index is 1530. The third kappa shape index (κ3) is 2.98. The van der Waals surface area contributed by atoms with Gasteiger partial charge in [0, 0.05) is 24.7 Å². The van der Waals surface area contributed by atoms with Gasteiger partial charge in [-0.2, -0.15) is 0 Å². The minimum Gasteiger partial charge on any atom is -0.497 e. The fraction of sp³-hybridized carbons (Fsp3) is 0.250. The van der Waals surface area contributed by atoms with Crippen LogP contribution >= 0.6 is 0 Å². The van der Waals surface area contributed by atoms with Crippen molar-refractivity contribution in [2.24, 2.45) is 0 Å². The van der Waals surface area contributed by atoms with Crippen molar-refractivity contribution in [3.8, 4) is 17.2 Å². The number of aryl methyl sites for hydroxylation is 1. The molecule has 0 unspecified atom stereocenters. The third-order valence-corrected chi connectivity index (χ3v) is 5.60. The quantitative estimate of drug-likeness (QED) is 0.420. The molecule has 5 rings (SSSR count). The summed E-state index contributed by atoms with van der Waals surface area (Å²) in [6, 6.07) is 13.2. The van der Waals surface area contributed by atoms with Gasteiger partial charge in [-0.3, -0.25) is 13.9 Å². The summed E-state index contributed by atoms with van der Waals surface area (Å²) in [6.07, 6.45) is 0.828. The second-order valence-corrected chi connectivity index (χ2v) is 7.61. The van der Waals surface area contributed by atoms with Gasteiger partial charge < -0.3 is 9.47 Å². The molecule has 3 aromatic heterocycles. The first-order chi connectivity index (χ1) is 15.5. The SMILES string of the molecule is CCCn1c(C)nc2c(c1=O)c1nc3ccccc3nc1n2-c1cc(OC)cc(OC)c1. The highest BCUT2D eigenvalue weighted by molar-refractivity contribution is 6.05. The van der Waals surface area contributed by atoms with Gasteiger partial charge >= 0.3 is 0 Å². The molecule has 0 saturated heterocycles. The van der Waals surface area contributed by atoms with Gasteiger partial charge in [0.15, 0.2) is 11.3 Å². The van der Waals surface area contributed by atoms with Gasteiger partial charge in [0.1, 0.15) is 28.2 Å². The van der Waals surface area contributed by atoms with Crippen LogP contribution in [0.25, 0.3) is 38.9 Å². The molecule has 0 bridgehead atoms. The molecule has 0 amide bonds. The lowest BCUT2D eigenvalue weighted by atomic mass is 10.2. The van der Waals surface area contributed by atoms with E-state index in [-0.39, 0.29) is 5.56 Å². The Morgan fingerprint density at radius 3 is 2.19 bits per heavy atom. The van der Waals surface area contributed by atoms with Crippen molar-refractivity contribution in [3.63, 3.8) is 0 Å². The zero-order valence-corrected chi connectivity index (χ0v) is 18.4. The Morgan fingerprint density at radius 1 is 0.906 bits per heavy atom. The van der Waals surface area contributed by atoms with Crippen LogP contribution in [0.4, 0.5) is 0 Å². The number of fused-ring (bicyclic) bond motifs is 4. The van der Waals surface area contributed by atoms with E-state index in [0.29, 0.717) is 46.1 Å². The highest BCUT2D eigenvalue weighted by Gasteiger charge is 2.22. The summed E-state index contributed by atoms with van der Waals surface area (Å²) in [7, 11) is 3.20. The molecule has 0 aliphatic carbocycles. The van der Waals surface area contributed by atoms with E-state index in [1.807, 2.05) is 54.8 Å². The molecule has 0 spiro atoms. The number of hydrogen-bond donors (Lipinski definition) is 0. The molecule has 8 heteroatoms. The van der Waals surface area contributed by atoms with Crippen molar-refractivity contribution >= 4 is 33.2 Å². The molecular formula is C24H23N5O3. The number of aromatic nitrogens is 5. The Labute approximate surface area is 184 Å². The van der Waals surface area contributed by atoms with Gasteiger partial charge in [-0.05, 0) is 25.5 Å². The van der Waals surface area contributed by atoms with Crippen LogP contribution in [0.2, 0.25) is 0 Å². The molecule has 0 atom stereocenters. The number of benzene rings is 2. The van der Waals surface area contributed by atoms with E-state index in [1.54, 1.807) is 24.9 Å². The van der Waals surface area contributed by atoms with Crippen LogP contribution in [0, 0.1) is 6.92 Å². The lowest BCUT2D eigenvalue weighted by molar-refractivity contribution is 0.394. The number of rotatable bonds is 5. The third-order valence-electron chi connectivity index (χ3n) is 5.60. The fourth-order valence-electron chi connectivity index (χ4n) is 4.08. The lowest BCUT2D eigenvalue weighted by Gasteiger charge is -2.12. The molecule has 8 nitrogen and oxygen atoms in total. The molecule has 2 aromatic carbocycles. The maximum Gasteiger partial charge on any atom is 0.265 e. The molecule has 32 heavy (non-hydrogen) atoms. The standard InChI is InChI=1S/C24H23N5O3/c1-5-10-28-14(2)25-22-20(24(28)30)21-23(27-19-9-7-6-8-18(19)26-21)29(22)15-11-16(31-3)13-17(12-15)32-4/h6-9,11-13H,5,10H2,1-4H3. The summed E-state index contributed by atoms with van der Waals surface area (Å²) in [5, 5.41) is 0.457. The molecule has 0 saturated carbocycles. The second-order valence-electron chi connectivity index (χ2n) is 7.61. The molecule has 0 fully saturated rings. The first-order valence-corrected chi connectivity index (χ1v) is 10.5. The van der Waals surface area contributed by atoms with E-state index in [9.17, 15) is 4.79 Å². The number of hydrogen-bond acceptors (Lipinski definition) is 6. The number of methoxy groups -OCH3 is 2. The van der Waals surface area contributed by atoms with Crippen LogP contribution in [0.15, 0.2) is 47.3 Å². The van der Waals surface area contributed by atoms with Crippen LogP contribution in [-0.2, 0) is 6.54 Å². The number of para-hydroxylation sites is 2. The predicted octanol–water partition coefficient (Wildman–Crippen LogP) is 4.02. The number of nitrogens with zero attached hydrogens (tertiary/aromatic N) is 5. The van der Waals surface area contributed by atoms with Gasteiger partial charge in [-0.1, -0.05) is 19.1 Å². The monoisotopic (exact) mass is 429 g/mol. The Hall–Kier alpha value is -3.94. The van der Waals surface area contributed by atoms with E-state index in [4.69, 9.17) is 24.4 Å². The molecule has 3 heterocycles. The lowest BCUT2D eigenvalue weighted by Crippen LogP contribution is -2.24. The van der Waals surface area contributed by atoms with Crippen LogP contribution in [0.3, 0.4) is 0 Å². The van der Waals surface area contributed by atoms with Crippen LogP contribution in [-0.4, -0.2) is 38.3 Å². The summed E-state index contributed by atoms with van der Waals surface area (Å²) in [5.41, 5.74) is 3.69. The highest BCUT2D eigenvalue weighted by Crippen LogP contribution is 2.32. The van der Waals surface area contributed by atoms with Crippen molar-refractivity contribution in [2.45, 2.75) is 26.8 Å². The molecule has 0 aliphatic heterocycles. The van der Waals surface area contributed by atoms with Gasteiger partial charge in [0.25, 0.3) is 5.56 Å². The Kier molecular flexibility index (Phi) is 4.77. The van der Waals surface area contributed by atoms with Crippen molar-refractivity contribution in [3.05, 3.63) is 58.6 Å². The first kappa shape index (κ1) is 20.0. The normalized spacial score (nSPS) is 11.5. The summed E-state index contributed by atoms with van der Waals surface area (Å²) in [4.78, 5) is 28.1. The average Bonchev–Trinajstić information content (AvgIpc) is 3.12. The molecule has 162 valence electrons. The van der Waals surface area contributed by atoms with E-state index >= 15 is 0 Å². The largest absolute Gasteiger partial charge is 0.497 e. The first-order valence-electron chi connectivity index (χ1n) is 10.5. The van der Waals surface area contributed by atoms with Crippen LogP contribution < -0.4 is 15.0 Å². The molecule has 0 radical (unpaired) electrons. The maximum atomic E-state index is 13.6. The van der Waals surface area contributed by atoms with Crippen LogP contribution in [0.5, 0.6) is 11.5 Å². The van der Waals surface area contributed by atoms with Crippen LogP contribution in [0.1, 0.15) is 19.2 Å². The smallest absolute Gasteiger partial charge is 0.265 e. The minimum absolute atomic E-state index is 0.113. The van der Waals surface area contributed by atoms with Crippen molar-refractivity contribution in [2.75, 3.05) is 14.2 Å². The Morgan fingerprint density at radius 2 is 1.56 bits per heavy atom. The topological polar surface area (TPSA) is 84.1 Å². The molecule has 0 aliphatic rings. The van der Waals surface area contributed by atoms with Gasteiger partial charge in [-0.25, -0.2) is 15.0 Å². The van der Waals surface area contributed by atoms with E-state index in [0.717, 1.165) is 23.1 Å². The molecule has 5 aromatic rings. The van der Waals surface area contributed by atoms with Crippen molar-refractivity contribution in [1.82, 2.24) is 24.1 Å². The highest BCUT2D eigenvalue weighted by atomic mass is 16.5. The second kappa shape index (κ2) is 7.64. The summed E-state index contributed by atoms with van der Waals surface area (Å²) < 4.78 is 14.5. The maximum absolute atomic E-state index is 13.6. The van der Waals surface area contributed by atoms with E-state index in [2.05, 4.69) is 0 Å². The van der Waals surface area contributed by atoms with Gasteiger partial charge in [-0.15, -0.1) is 0 Å². The zero-order chi connectivity index (χ0) is 22.4. The fourth-order valence-corrected chi connectivity index (χ4v) is 4.08. The predicted molar refractivity (Wildman–Crippen MR) is 124 cm³/mol. The van der Waals surface area contributed by atoms with Crippen molar-refractivity contribution in [1.29, 1.82) is 0 Å². The van der Waals surface area contributed by atoms with E-state index in [1.165, 1.54) is 0 Å². The van der Waals surface area contributed by atoms with E-state index < -0.39 is 0 Å². The average molecular weight is 429 g/mol. The van der Waals surface area contributed by atoms with Gasteiger partial charge in [0.05, 0.1) is 30.9 Å². The summed E-state index contributed by atoms with van der Waals surface area (Å²) in [5.74, 6) is 1.89. The van der Waals surface area contributed by atoms with Crippen molar-refractivity contribution < 1.29 is 9.47 Å². The van der Waals surface area contributed by atoms with Gasteiger partial charge in [0.2, 0.25) is 0 Å². The summed E-state index contributed by atoms with van der Waals surface area (Å²) >= 11 is 0. The molecule has 0 N–H and O–H groups in total.